The van der Waals surface area contributed by atoms with Crippen LogP contribution in [0.25, 0.3) is 33.5 Å². The highest BCUT2D eigenvalue weighted by molar-refractivity contribution is 5.99. The van der Waals surface area contributed by atoms with Gasteiger partial charge in [0.2, 0.25) is 0 Å². The van der Waals surface area contributed by atoms with E-state index in [9.17, 15) is 4.79 Å². The molecule has 9 rings (SSSR count). The van der Waals surface area contributed by atoms with Crippen LogP contribution in [0.2, 0.25) is 0 Å². The molecule has 6 aromatic carbocycles. The van der Waals surface area contributed by atoms with Crippen LogP contribution < -0.4 is 5.32 Å². The predicted octanol–water partition coefficient (Wildman–Crippen LogP) is 9.99. The van der Waals surface area contributed by atoms with Crippen molar-refractivity contribution in [3.05, 3.63) is 198 Å². The Morgan fingerprint density at radius 1 is 0.714 bits per heavy atom. The summed E-state index contributed by atoms with van der Waals surface area (Å²) < 4.78 is 10.3. The summed E-state index contributed by atoms with van der Waals surface area (Å²) in [7, 11) is 0. The van der Waals surface area contributed by atoms with Gasteiger partial charge in [0.05, 0.1) is 11.6 Å². The van der Waals surface area contributed by atoms with Crippen molar-refractivity contribution in [1.29, 1.82) is 0 Å². The minimum atomic E-state index is -0.785. The molecule has 1 aliphatic rings. The molecule has 0 bridgehead atoms. The Hall–Kier alpha value is -6.64. The van der Waals surface area contributed by atoms with Gasteiger partial charge in [-0.2, -0.15) is 5.10 Å². The maximum Gasteiger partial charge on any atom is 0.251 e. The van der Waals surface area contributed by atoms with Gasteiger partial charge in [-0.3, -0.25) is 4.79 Å². The Morgan fingerprint density at radius 2 is 1.36 bits per heavy atom. The summed E-state index contributed by atoms with van der Waals surface area (Å²) in [6.45, 7) is 2.69. The smallest absolute Gasteiger partial charge is 0.251 e. The number of nitrogens with one attached hydrogen (secondary N) is 1. The van der Waals surface area contributed by atoms with Crippen LogP contribution in [0.15, 0.2) is 170 Å². The molecule has 8 aromatic rings. The van der Waals surface area contributed by atoms with Crippen molar-refractivity contribution in [2.24, 2.45) is 0 Å². The topological polar surface area (TPSA) is 86.9 Å². The minimum Gasteiger partial charge on any atom is -0.356 e. The number of ether oxygens (including phenoxy) is 1. The molecule has 8 heteroatoms. The molecule has 1 fully saturated rings. The third kappa shape index (κ3) is 6.48. The first-order chi connectivity index (χ1) is 27.6. The molecular weight excluding hydrogens is 693 g/mol. The number of benzene rings is 6. The monoisotopic (exact) mass is 734 g/mol. The predicted molar refractivity (Wildman–Crippen MR) is 220 cm³/mol. The van der Waals surface area contributed by atoms with Crippen LogP contribution in [-0.2, 0) is 10.3 Å². The van der Waals surface area contributed by atoms with E-state index in [0.717, 1.165) is 69.2 Å². The molecule has 3 heterocycles. The summed E-state index contributed by atoms with van der Waals surface area (Å²) in [5.41, 5.74) is 7.47. The highest BCUT2D eigenvalue weighted by atomic mass is 16.5. The average Bonchev–Trinajstić information content (AvgIpc) is 3.92. The molecule has 2 aromatic heterocycles. The summed E-state index contributed by atoms with van der Waals surface area (Å²) in [4.78, 5) is 18.6. The Labute approximate surface area is 326 Å². The van der Waals surface area contributed by atoms with Crippen LogP contribution in [-0.4, -0.2) is 37.1 Å². The SMILES string of the molecule is C[C@H](NC(=O)c1cccc(-c2nn(C3CCCCO3)c3ccc(-c4ncn(C(c5ccccc5)(c5ccccc5)c5ccccc5)n4)cc23)c1)c1ccccc1. The van der Waals surface area contributed by atoms with Gasteiger partial charge < -0.3 is 10.1 Å². The molecule has 1 amide bonds. The fraction of sp³-hybridized carbons (Fsp3) is 0.167. The van der Waals surface area contributed by atoms with Gasteiger partial charge in [-0.25, -0.2) is 14.3 Å². The zero-order valence-electron chi connectivity index (χ0n) is 31.2. The molecule has 0 spiro atoms. The first-order valence-corrected chi connectivity index (χ1v) is 19.3. The second kappa shape index (κ2) is 15.2. The van der Waals surface area contributed by atoms with Crippen LogP contribution in [0.4, 0.5) is 0 Å². The maximum atomic E-state index is 13.6. The molecule has 1 unspecified atom stereocenters. The maximum absolute atomic E-state index is 13.6. The largest absolute Gasteiger partial charge is 0.356 e. The highest BCUT2D eigenvalue weighted by Crippen LogP contribution is 2.41. The van der Waals surface area contributed by atoms with Crippen molar-refractivity contribution >= 4 is 16.8 Å². The molecule has 1 aliphatic heterocycles. The van der Waals surface area contributed by atoms with Gasteiger partial charge in [-0.15, -0.1) is 5.10 Å². The molecule has 0 radical (unpaired) electrons. The van der Waals surface area contributed by atoms with Crippen molar-refractivity contribution in [1.82, 2.24) is 29.9 Å². The van der Waals surface area contributed by atoms with E-state index in [1.54, 1.807) is 0 Å². The van der Waals surface area contributed by atoms with E-state index in [1.807, 2.05) is 95.4 Å². The molecule has 1 N–H and O–H groups in total. The van der Waals surface area contributed by atoms with Gasteiger partial charge in [0, 0.05) is 28.7 Å². The average molecular weight is 735 g/mol. The number of rotatable bonds is 10. The van der Waals surface area contributed by atoms with Gasteiger partial charge >= 0.3 is 0 Å². The fourth-order valence-corrected chi connectivity index (χ4v) is 8.03. The second-order valence-electron chi connectivity index (χ2n) is 14.4. The van der Waals surface area contributed by atoms with Gasteiger partial charge in [0.1, 0.15) is 17.6 Å². The number of hydrogen-bond acceptors (Lipinski definition) is 5. The number of carbonyl (C=O) groups is 1. The second-order valence-corrected chi connectivity index (χ2v) is 14.4. The Kier molecular flexibility index (Phi) is 9.55. The molecular formula is C48H42N6O2. The van der Waals surface area contributed by atoms with Gasteiger partial charge in [-0.05, 0) is 78.8 Å². The number of carbonyl (C=O) groups excluding carboxylic acids is 1. The zero-order chi connectivity index (χ0) is 37.9. The fourth-order valence-electron chi connectivity index (χ4n) is 8.03. The van der Waals surface area contributed by atoms with E-state index < -0.39 is 5.54 Å². The quantitative estimate of drug-likeness (QED) is 0.141. The minimum absolute atomic E-state index is 0.142. The first-order valence-electron chi connectivity index (χ1n) is 19.3. The lowest BCUT2D eigenvalue weighted by atomic mass is 9.77. The lowest BCUT2D eigenvalue weighted by Gasteiger charge is -2.35. The number of fused-ring (bicyclic) bond motifs is 1. The third-order valence-corrected chi connectivity index (χ3v) is 10.8. The number of hydrogen-bond donors (Lipinski definition) is 1. The Balaban J connectivity index is 1.15. The van der Waals surface area contributed by atoms with E-state index >= 15 is 0 Å². The molecule has 0 saturated carbocycles. The van der Waals surface area contributed by atoms with Crippen LogP contribution in [0.5, 0.6) is 0 Å². The molecule has 276 valence electrons. The number of amides is 1. The van der Waals surface area contributed by atoms with Crippen molar-refractivity contribution in [3.63, 3.8) is 0 Å². The Morgan fingerprint density at radius 3 is 1.98 bits per heavy atom. The van der Waals surface area contributed by atoms with E-state index in [1.165, 1.54) is 0 Å². The van der Waals surface area contributed by atoms with E-state index in [-0.39, 0.29) is 18.2 Å². The van der Waals surface area contributed by atoms with Crippen molar-refractivity contribution < 1.29 is 9.53 Å². The van der Waals surface area contributed by atoms with E-state index in [0.29, 0.717) is 18.0 Å². The van der Waals surface area contributed by atoms with Crippen LogP contribution in [0, 0.1) is 0 Å². The van der Waals surface area contributed by atoms with Crippen molar-refractivity contribution in [2.45, 2.75) is 44.0 Å². The number of aromatic nitrogens is 5. The summed E-state index contributed by atoms with van der Waals surface area (Å²) in [5, 5.41) is 14.6. The van der Waals surface area contributed by atoms with Crippen molar-refractivity contribution in [2.75, 3.05) is 6.61 Å². The first kappa shape index (κ1) is 35.1. The number of nitrogens with zero attached hydrogens (tertiary/aromatic N) is 5. The lowest BCUT2D eigenvalue weighted by Crippen LogP contribution is -2.38. The van der Waals surface area contributed by atoms with Crippen LogP contribution in [0.1, 0.15) is 71.1 Å². The molecule has 0 aliphatic carbocycles. The summed E-state index contributed by atoms with van der Waals surface area (Å²) in [5.74, 6) is 0.450. The lowest BCUT2D eigenvalue weighted by molar-refractivity contribution is -0.0365. The normalized spacial score (nSPS) is 15.1. The van der Waals surface area contributed by atoms with Gasteiger partial charge in [0.15, 0.2) is 12.1 Å². The third-order valence-electron chi connectivity index (χ3n) is 10.8. The summed E-state index contributed by atoms with van der Waals surface area (Å²) in [6, 6.07) is 55.3. The molecule has 8 nitrogen and oxygen atoms in total. The zero-order valence-corrected chi connectivity index (χ0v) is 31.2. The van der Waals surface area contributed by atoms with Crippen LogP contribution in [0.3, 0.4) is 0 Å². The van der Waals surface area contributed by atoms with Crippen molar-refractivity contribution in [3.8, 4) is 22.6 Å². The van der Waals surface area contributed by atoms with Crippen LogP contribution >= 0.6 is 0 Å². The molecule has 2 atom stereocenters. The Bertz CT molecular complexity index is 2480. The highest BCUT2D eigenvalue weighted by Gasteiger charge is 2.39. The molecule has 56 heavy (non-hydrogen) atoms. The van der Waals surface area contributed by atoms with Gasteiger partial charge in [-0.1, -0.05) is 133 Å². The summed E-state index contributed by atoms with van der Waals surface area (Å²) >= 11 is 0. The molecule has 1 saturated heterocycles. The van der Waals surface area contributed by atoms with Gasteiger partial charge in [0.25, 0.3) is 5.91 Å². The summed E-state index contributed by atoms with van der Waals surface area (Å²) in [6.07, 6.45) is 4.65. The van der Waals surface area contributed by atoms with E-state index in [2.05, 4.69) is 96.3 Å². The standard InChI is InChI=1S/C48H42N6O2/c1-34(35-17-6-2-7-18-35)50-47(55)38-20-16-19-36(31-38)45-42-32-37(28-29-43(42)54(51-45)44-27-14-15-30-56-44)46-49-33-53(52-46)48(39-21-8-3-9-22-39,40-23-10-4-11-24-40)41-25-12-5-13-26-41/h2-13,16-26,28-29,31-34,44H,14-15,27,30H2,1H3,(H,50,55)/t34-,44?/m0/s1. The van der Waals surface area contributed by atoms with E-state index in [4.69, 9.17) is 19.9 Å².